The Kier molecular flexibility index (Phi) is 4.50. The summed E-state index contributed by atoms with van der Waals surface area (Å²) in [6, 6.07) is 7.65. The summed E-state index contributed by atoms with van der Waals surface area (Å²) in [7, 11) is 3.79. The zero-order valence-corrected chi connectivity index (χ0v) is 11.2. The molecule has 0 saturated carbocycles. The fraction of sp³-hybridized carbons (Fsp3) is 0.417. The van der Waals surface area contributed by atoms with Gasteiger partial charge in [-0.05, 0) is 31.8 Å². The lowest BCUT2D eigenvalue weighted by Gasteiger charge is -2.28. The molecule has 1 N–H and O–H groups in total. The van der Waals surface area contributed by atoms with Crippen LogP contribution in [0.3, 0.4) is 0 Å². The third-order valence-corrected chi connectivity index (χ3v) is 3.10. The summed E-state index contributed by atoms with van der Waals surface area (Å²) in [5, 5.41) is 9.09. The molecule has 0 saturated heterocycles. The molecule has 2 unspecified atom stereocenters. The predicted molar refractivity (Wildman–Crippen MR) is 67.4 cm³/mol. The third kappa shape index (κ3) is 3.06. The zero-order valence-electron chi connectivity index (χ0n) is 9.64. The van der Waals surface area contributed by atoms with Gasteiger partial charge >= 0.3 is 5.97 Å². The number of hydrogen-bond acceptors (Lipinski definition) is 2. The summed E-state index contributed by atoms with van der Waals surface area (Å²) in [6.45, 7) is 1.73. The van der Waals surface area contributed by atoms with E-state index in [1.54, 1.807) is 6.92 Å². The van der Waals surface area contributed by atoms with Crippen LogP contribution in [0.5, 0.6) is 0 Å². The summed E-state index contributed by atoms with van der Waals surface area (Å²) in [6.07, 6.45) is 0. The minimum atomic E-state index is -0.779. The van der Waals surface area contributed by atoms with Crippen molar-refractivity contribution in [2.45, 2.75) is 13.0 Å². The van der Waals surface area contributed by atoms with Crippen molar-refractivity contribution in [3.8, 4) is 0 Å². The van der Waals surface area contributed by atoms with E-state index in [1.807, 2.05) is 43.3 Å². The Morgan fingerprint density at radius 3 is 2.50 bits per heavy atom. The lowest BCUT2D eigenvalue weighted by molar-refractivity contribution is -0.143. The third-order valence-electron chi connectivity index (χ3n) is 2.61. The second kappa shape index (κ2) is 5.46. The number of carboxylic acid groups (broad SMARTS) is 1. The quantitative estimate of drug-likeness (QED) is 0.925. The van der Waals surface area contributed by atoms with E-state index in [0.29, 0.717) is 0 Å². The molecule has 3 nitrogen and oxygen atoms in total. The van der Waals surface area contributed by atoms with Gasteiger partial charge in [0.1, 0.15) is 0 Å². The van der Waals surface area contributed by atoms with Crippen LogP contribution in [0.1, 0.15) is 18.5 Å². The van der Waals surface area contributed by atoms with E-state index >= 15 is 0 Å². The van der Waals surface area contributed by atoms with Crippen LogP contribution in [0.15, 0.2) is 28.7 Å². The number of aliphatic carboxylic acids is 1. The maximum absolute atomic E-state index is 11.1. The summed E-state index contributed by atoms with van der Waals surface area (Å²) < 4.78 is 0.967. The van der Waals surface area contributed by atoms with E-state index in [-0.39, 0.29) is 6.04 Å². The van der Waals surface area contributed by atoms with Gasteiger partial charge in [-0.25, -0.2) is 0 Å². The van der Waals surface area contributed by atoms with Gasteiger partial charge in [0.05, 0.1) is 5.92 Å². The van der Waals surface area contributed by atoms with Crippen molar-refractivity contribution in [3.05, 3.63) is 34.3 Å². The van der Waals surface area contributed by atoms with Gasteiger partial charge in [-0.1, -0.05) is 35.0 Å². The van der Waals surface area contributed by atoms with Gasteiger partial charge in [0, 0.05) is 10.5 Å². The lowest BCUT2D eigenvalue weighted by Crippen LogP contribution is -2.30. The van der Waals surface area contributed by atoms with Gasteiger partial charge in [0.25, 0.3) is 0 Å². The number of carbonyl (C=O) groups is 1. The number of carboxylic acids is 1. The number of nitrogens with zero attached hydrogens (tertiary/aromatic N) is 1. The molecular formula is C12H16BrNO2. The van der Waals surface area contributed by atoms with Crippen LogP contribution in [-0.4, -0.2) is 30.1 Å². The highest BCUT2D eigenvalue weighted by Gasteiger charge is 2.26. The SMILES string of the molecule is CC(C(=O)O)C(c1cccc(Br)c1)N(C)C. The lowest BCUT2D eigenvalue weighted by atomic mass is 9.94. The first-order chi connectivity index (χ1) is 7.43. The van der Waals surface area contributed by atoms with E-state index in [4.69, 9.17) is 5.11 Å². The molecule has 0 aliphatic rings. The van der Waals surface area contributed by atoms with Crippen molar-refractivity contribution in [2.24, 2.45) is 5.92 Å². The van der Waals surface area contributed by atoms with Crippen LogP contribution in [0.2, 0.25) is 0 Å². The van der Waals surface area contributed by atoms with Gasteiger partial charge < -0.3 is 10.0 Å². The summed E-state index contributed by atoms with van der Waals surface area (Å²) >= 11 is 3.40. The van der Waals surface area contributed by atoms with Crippen molar-refractivity contribution in [1.29, 1.82) is 0 Å². The minimum Gasteiger partial charge on any atom is -0.481 e. The number of halogens is 1. The molecule has 0 fully saturated rings. The van der Waals surface area contributed by atoms with Gasteiger partial charge in [-0.2, -0.15) is 0 Å². The summed E-state index contributed by atoms with van der Waals surface area (Å²) in [5.74, 6) is -1.22. The molecule has 0 heterocycles. The van der Waals surface area contributed by atoms with Gasteiger partial charge in [0.15, 0.2) is 0 Å². The molecule has 0 amide bonds. The van der Waals surface area contributed by atoms with Crippen LogP contribution in [0.4, 0.5) is 0 Å². The average Bonchev–Trinajstić information content (AvgIpc) is 2.17. The fourth-order valence-electron chi connectivity index (χ4n) is 1.86. The first-order valence-corrected chi connectivity index (χ1v) is 5.87. The van der Waals surface area contributed by atoms with E-state index in [9.17, 15) is 4.79 Å². The highest BCUT2D eigenvalue weighted by atomic mass is 79.9. The highest BCUT2D eigenvalue weighted by molar-refractivity contribution is 9.10. The molecule has 16 heavy (non-hydrogen) atoms. The highest BCUT2D eigenvalue weighted by Crippen LogP contribution is 2.28. The fourth-order valence-corrected chi connectivity index (χ4v) is 2.28. The molecule has 0 aliphatic carbocycles. The molecular weight excluding hydrogens is 270 g/mol. The first kappa shape index (κ1) is 13.2. The smallest absolute Gasteiger partial charge is 0.308 e. The molecule has 1 aromatic carbocycles. The Balaban J connectivity index is 3.07. The molecule has 0 aliphatic heterocycles. The number of benzene rings is 1. The molecule has 1 rings (SSSR count). The van der Waals surface area contributed by atoms with Crippen LogP contribution >= 0.6 is 15.9 Å². The number of hydrogen-bond donors (Lipinski definition) is 1. The van der Waals surface area contributed by atoms with Crippen molar-refractivity contribution in [2.75, 3.05) is 14.1 Å². The van der Waals surface area contributed by atoms with E-state index in [2.05, 4.69) is 15.9 Å². The molecule has 1 aromatic rings. The molecule has 0 bridgehead atoms. The Morgan fingerprint density at radius 2 is 2.06 bits per heavy atom. The average molecular weight is 286 g/mol. The second-order valence-corrected chi connectivity index (χ2v) is 5.01. The van der Waals surface area contributed by atoms with Crippen LogP contribution < -0.4 is 0 Å². The first-order valence-electron chi connectivity index (χ1n) is 5.08. The van der Waals surface area contributed by atoms with Crippen molar-refractivity contribution < 1.29 is 9.90 Å². The molecule has 88 valence electrons. The maximum atomic E-state index is 11.1. The zero-order chi connectivity index (χ0) is 12.3. The Hall–Kier alpha value is -0.870. The van der Waals surface area contributed by atoms with Crippen molar-refractivity contribution in [1.82, 2.24) is 4.90 Å². The molecule has 0 spiro atoms. The Morgan fingerprint density at radius 1 is 1.44 bits per heavy atom. The predicted octanol–water partition coefficient (Wildman–Crippen LogP) is 2.77. The Bertz CT molecular complexity index is 379. The summed E-state index contributed by atoms with van der Waals surface area (Å²) in [4.78, 5) is 13.0. The van der Waals surface area contributed by atoms with Crippen molar-refractivity contribution >= 4 is 21.9 Å². The Labute approximate surface area is 104 Å². The normalized spacial score (nSPS) is 14.8. The molecule has 2 atom stereocenters. The standard InChI is InChI=1S/C12H16BrNO2/c1-8(12(15)16)11(14(2)3)9-5-4-6-10(13)7-9/h4-8,11H,1-3H3,(H,15,16). The van der Waals surface area contributed by atoms with Gasteiger partial charge in [-0.3, -0.25) is 4.79 Å². The van der Waals surface area contributed by atoms with Crippen LogP contribution in [0, 0.1) is 5.92 Å². The van der Waals surface area contributed by atoms with E-state index < -0.39 is 11.9 Å². The number of rotatable bonds is 4. The second-order valence-electron chi connectivity index (χ2n) is 4.09. The van der Waals surface area contributed by atoms with E-state index in [0.717, 1.165) is 10.0 Å². The van der Waals surface area contributed by atoms with Crippen LogP contribution in [0.25, 0.3) is 0 Å². The molecule has 4 heteroatoms. The molecule has 0 radical (unpaired) electrons. The molecule has 0 aromatic heterocycles. The van der Waals surface area contributed by atoms with Crippen molar-refractivity contribution in [3.63, 3.8) is 0 Å². The van der Waals surface area contributed by atoms with E-state index in [1.165, 1.54) is 0 Å². The van der Waals surface area contributed by atoms with Gasteiger partial charge in [-0.15, -0.1) is 0 Å². The largest absolute Gasteiger partial charge is 0.481 e. The van der Waals surface area contributed by atoms with Gasteiger partial charge in [0.2, 0.25) is 0 Å². The maximum Gasteiger partial charge on any atom is 0.308 e. The minimum absolute atomic E-state index is 0.116. The topological polar surface area (TPSA) is 40.5 Å². The van der Waals surface area contributed by atoms with Crippen LogP contribution in [-0.2, 0) is 4.79 Å². The monoisotopic (exact) mass is 285 g/mol. The summed E-state index contributed by atoms with van der Waals surface area (Å²) in [5.41, 5.74) is 1.01.